The van der Waals surface area contributed by atoms with E-state index in [4.69, 9.17) is 0 Å². The van der Waals surface area contributed by atoms with Crippen LogP contribution in [0.25, 0.3) is 0 Å². The highest BCUT2D eigenvalue weighted by Crippen LogP contribution is 2.10. The number of aromatic nitrogens is 3. The molecule has 3 rings (SSSR count). The topological polar surface area (TPSA) is 79.8 Å². The van der Waals surface area contributed by atoms with E-state index in [1.807, 2.05) is 30.3 Å². The maximum Gasteiger partial charge on any atom is 0.253 e. The molecule has 2 N–H and O–H groups in total. The second-order valence-electron chi connectivity index (χ2n) is 5.18. The van der Waals surface area contributed by atoms with Crippen LogP contribution in [-0.2, 0) is 13.1 Å². The quantitative estimate of drug-likeness (QED) is 0.729. The van der Waals surface area contributed by atoms with Crippen molar-refractivity contribution in [2.75, 3.05) is 5.32 Å². The summed E-state index contributed by atoms with van der Waals surface area (Å²) in [7, 11) is 0. The minimum absolute atomic E-state index is 0.182. The molecule has 3 heterocycles. The first-order valence-corrected chi connectivity index (χ1v) is 7.57. The van der Waals surface area contributed by atoms with Gasteiger partial charge in [-0.05, 0) is 29.8 Å². The molecule has 3 aromatic rings. The molecule has 0 bridgehead atoms. The Morgan fingerprint density at radius 3 is 2.71 bits per heavy atom. The van der Waals surface area contributed by atoms with E-state index >= 15 is 0 Å². The summed E-state index contributed by atoms with van der Waals surface area (Å²) in [6.45, 7) is 1.00. The largest absolute Gasteiger partial charge is 0.380 e. The zero-order valence-corrected chi connectivity index (χ0v) is 13.0. The number of hydrogen-bond acceptors (Lipinski definition) is 5. The predicted molar refractivity (Wildman–Crippen MR) is 91.2 cm³/mol. The van der Waals surface area contributed by atoms with Crippen LogP contribution in [0.5, 0.6) is 0 Å². The Bertz CT molecular complexity index is 793. The number of anilines is 1. The van der Waals surface area contributed by atoms with Crippen LogP contribution in [0.1, 0.15) is 21.6 Å². The molecule has 6 heteroatoms. The number of amides is 1. The Morgan fingerprint density at radius 2 is 1.92 bits per heavy atom. The average Bonchev–Trinajstić information content (AvgIpc) is 2.66. The molecule has 3 aromatic heterocycles. The average molecular weight is 319 g/mol. The number of rotatable bonds is 6. The maximum absolute atomic E-state index is 12.2. The lowest BCUT2D eigenvalue weighted by Crippen LogP contribution is -2.23. The van der Waals surface area contributed by atoms with E-state index in [1.54, 1.807) is 37.1 Å². The van der Waals surface area contributed by atoms with Crippen molar-refractivity contribution in [2.45, 2.75) is 13.1 Å². The van der Waals surface area contributed by atoms with Gasteiger partial charge in [-0.15, -0.1) is 0 Å². The molecular weight excluding hydrogens is 302 g/mol. The normalized spacial score (nSPS) is 10.2. The van der Waals surface area contributed by atoms with Gasteiger partial charge in [0.2, 0.25) is 0 Å². The summed E-state index contributed by atoms with van der Waals surface area (Å²) < 4.78 is 0. The molecule has 0 saturated carbocycles. The summed E-state index contributed by atoms with van der Waals surface area (Å²) in [5.74, 6) is -0.182. The van der Waals surface area contributed by atoms with Crippen molar-refractivity contribution in [2.24, 2.45) is 0 Å². The molecule has 120 valence electrons. The van der Waals surface area contributed by atoms with Crippen LogP contribution in [0.3, 0.4) is 0 Å². The van der Waals surface area contributed by atoms with Crippen LogP contribution in [0.2, 0.25) is 0 Å². The van der Waals surface area contributed by atoms with E-state index in [-0.39, 0.29) is 5.91 Å². The Labute approximate surface area is 140 Å². The van der Waals surface area contributed by atoms with Crippen LogP contribution in [0.4, 0.5) is 5.69 Å². The summed E-state index contributed by atoms with van der Waals surface area (Å²) in [4.78, 5) is 24.6. The second-order valence-corrected chi connectivity index (χ2v) is 5.18. The van der Waals surface area contributed by atoms with Gasteiger partial charge >= 0.3 is 0 Å². The van der Waals surface area contributed by atoms with E-state index in [1.165, 1.54) is 0 Å². The summed E-state index contributed by atoms with van der Waals surface area (Å²) >= 11 is 0. The van der Waals surface area contributed by atoms with Gasteiger partial charge in [0.1, 0.15) is 0 Å². The third kappa shape index (κ3) is 4.36. The first-order valence-electron chi connectivity index (χ1n) is 7.57. The van der Waals surface area contributed by atoms with Gasteiger partial charge in [-0.2, -0.15) is 0 Å². The monoisotopic (exact) mass is 319 g/mol. The van der Waals surface area contributed by atoms with Gasteiger partial charge in [-0.1, -0.05) is 12.1 Å². The molecule has 24 heavy (non-hydrogen) atoms. The molecule has 6 nitrogen and oxygen atoms in total. The molecule has 0 unspecified atom stereocenters. The number of pyridine rings is 3. The van der Waals surface area contributed by atoms with Gasteiger partial charge in [0.05, 0.1) is 23.5 Å². The van der Waals surface area contributed by atoms with Crippen LogP contribution in [0.15, 0.2) is 67.4 Å². The zero-order chi connectivity index (χ0) is 16.6. The van der Waals surface area contributed by atoms with Gasteiger partial charge in [0.25, 0.3) is 5.91 Å². The highest BCUT2D eigenvalue weighted by Gasteiger charge is 2.07. The number of hydrogen-bond donors (Lipinski definition) is 2. The first-order chi connectivity index (χ1) is 11.8. The Hall–Kier alpha value is -3.28. The molecular formula is C18H17N5O. The minimum Gasteiger partial charge on any atom is -0.380 e. The lowest BCUT2D eigenvalue weighted by atomic mass is 10.2. The van der Waals surface area contributed by atoms with Crippen LogP contribution < -0.4 is 10.6 Å². The molecule has 1 amide bonds. The van der Waals surface area contributed by atoms with Crippen molar-refractivity contribution < 1.29 is 4.79 Å². The van der Waals surface area contributed by atoms with Crippen molar-refractivity contribution >= 4 is 11.6 Å². The van der Waals surface area contributed by atoms with E-state index in [0.717, 1.165) is 16.9 Å². The maximum atomic E-state index is 12.2. The fraction of sp³-hybridized carbons (Fsp3) is 0.111. The summed E-state index contributed by atoms with van der Waals surface area (Å²) in [6.07, 6.45) is 8.46. The van der Waals surface area contributed by atoms with Gasteiger partial charge in [0, 0.05) is 37.5 Å². The Balaban J connectivity index is 1.59. The highest BCUT2D eigenvalue weighted by atomic mass is 16.1. The Morgan fingerprint density at radius 1 is 0.958 bits per heavy atom. The smallest absolute Gasteiger partial charge is 0.253 e. The van der Waals surface area contributed by atoms with E-state index in [9.17, 15) is 4.79 Å². The molecule has 0 radical (unpaired) electrons. The molecule has 0 aromatic carbocycles. The Kier molecular flexibility index (Phi) is 5.09. The number of nitrogens with one attached hydrogen (secondary N) is 2. The highest BCUT2D eigenvalue weighted by molar-refractivity contribution is 5.94. The number of carbonyl (C=O) groups is 1. The van der Waals surface area contributed by atoms with Gasteiger partial charge in [0.15, 0.2) is 0 Å². The van der Waals surface area contributed by atoms with E-state index in [2.05, 4.69) is 25.6 Å². The molecule has 0 atom stereocenters. The molecule has 0 aliphatic rings. The fourth-order valence-corrected chi connectivity index (χ4v) is 2.14. The molecule has 0 aliphatic carbocycles. The molecule has 0 fully saturated rings. The van der Waals surface area contributed by atoms with E-state index < -0.39 is 0 Å². The summed E-state index contributed by atoms with van der Waals surface area (Å²) in [6, 6.07) is 11.2. The predicted octanol–water partition coefficient (Wildman–Crippen LogP) is 2.41. The third-order valence-electron chi connectivity index (χ3n) is 3.38. The first kappa shape index (κ1) is 15.6. The molecule has 0 spiro atoms. The SMILES string of the molecule is O=C(NCc1ccccn1)c1cncc(NCc2cccnc2)c1. The lowest BCUT2D eigenvalue weighted by Gasteiger charge is -2.08. The van der Waals surface area contributed by atoms with Crippen molar-refractivity contribution in [3.8, 4) is 0 Å². The standard InChI is InChI=1S/C18H17N5O/c24-18(23-13-16-5-1-2-7-21-16)15-8-17(12-20-11-15)22-10-14-4-3-6-19-9-14/h1-9,11-12,22H,10,13H2,(H,23,24). The lowest BCUT2D eigenvalue weighted by molar-refractivity contribution is 0.0950. The zero-order valence-electron chi connectivity index (χ0n) is 13.0. The summed E-state index contributed by atoms with van der Waals surface area (Å²) in [5, 5.41) is 6.07. The van der Waals surface area contributed by atoms with Crippen LogP contribution in [0, 0.1) is 0 Å². The van der Waals surface area contributed by atoms with Gasteiger partial charge in [-0.25, -0.2) is 0 Å². The van der Waals surface area contributed by atoms with Gasteiger partial charge in [-0.3, -0.25) is 19.7 Å². The number of nitrogens with zero attached hydrogens (tertiary/aromatic N) is 3. The van der Waals surface area contributed by atoms with E-state index in [0.29, 0.717) is 18.7 Å². The van der Waals surface area contributed by atoms with Crippen molar-refractivity contribution in [3.05, 3.63) is 84.2 Å². The third-order valence-corrected chi connectivity index (χ3v) is 3.38. The number of carbonyl (C=O) groups excluding carboxylic acids is 1. The second kappa shape index (κ2) is 7.82. The van der Waals surface area contributed by atoms with Crippen molar-refractivity contribution in [1.29, 1.82) is 0 Å². The van der Waals surface area contributed by atoms with Crippen LogP contribution in [-0.4, -0.2) is 20.9 Å². The minimum atomic E-state index is -0.182. The molecule has 0 aliphatic heterocycles. The molecule has 0 saturated heterocycles. The van der Waals surface area contributed by atoms with Crippen molar-refractivity contribution in [1.82, 2.24) is 20.3 Å². The fourth-order valence-electron chi connectivity index (χ4n) is 2.14. The van der Waals surface area contributed by atoms with Gasteiger partial charge < -0.3 is 10.6 Å². The van der Waals surface area contributed by atoms with Crippen LogP contribution >= 0.6 is 0 Å². The summed E-state index contributed by atoms with van der Waals surface area (Å²) in [5.41, 5.74) is 3.15. The van der Waals surface area contributed by atoms with Crippen molar-refractivity contribution in [3.63, 3.8) is 0 Å².